The van der Waals surface area contributed by atoms with Crippen molar-refractivity contribution in [3.8, 4) is 11.6 Å². The van der Waals surface area contributed by atoms with Crippen LogP contribution in [0.2, 0.25) is 0 Å². The maximum atomic E-state index is 11.1. The predicted molar refractivity (Wildman–Crippen MR) is 122 cm³/mol. The van der Waals surface area contributed by atoms with Crippen LogP contribution in [-0.2, 0) is 0 Å². The fourth-order valence-corrected chi connectivity index (χ4v) is 3.84. The number of carboxylic acid groups (broad SMARTS) is 1. The lowest BCUT2D eigenvalue weighted by atomic mass is 10.1. The second kappa shape index (κ2) is 9.39. The Balaban J connectivity index is 1.51. The van der Waals surface area contributed by atoms with Gasteiger partial charge in [0.1, 0.15) is 17.8 Å². The Labute approximate surface area is 186 Å². The number of piperidine rings is 1. The summed E-state index contributed by atoms with van der Waals surface area (Å²) in [6, 6.07) is 6.18. The first kappa shape index (κ1) is 21.8. The number of likely N-dealkylation sites (tertiary alicyclic amines) is 1. The van der Waals surface area contributed by atoms with Crippen molar-refractivity contribution < 1.29 is 14.6 Å². The van der Waals surface area contributed by atoms with Gasteiger partial charge < -0.3 is 25.0 Å². The summed E-state index contributed by atoms with van der Waals surface area (Å²) in [6.45, 7) is 4.80. The SMILES string of the molecule is Cc1cc(NCCN(C)C)ccc1-n1ncc2c(OC3CCN(C(=O)O)CC3)ncnc21. The normalized spacial score (nSPS) is 14.8. The number of fused-ring (bicyclic) bond motifs is 1. The summed E-state index contributed by atoms with van der Waals surface area (Å²) in [5.74, 6) is 0.481. The van der Waals surface area contributed by atoms with Gasteiger partial charge in [-0.05, 0) is 44.8 Å². The van der Waals surface area contributed by atoms with Crippen LogP contribution in [0.4, 0.5) is 10.5 Å². The van der Waals surface area contributed by atoms with Crippen molar-refractivity contribution in [2.45, 2.75) is 25.9 Å². The molecule has 0 bridgehead atoms. The number of ether oxygens (including phenoxy) is 1. The summed E-state index contributed by atoms with van der Waals surface area (Å²) in [7, 11) is 4.11. The predicted octanol–water partition coefficient (Wildman–Crippen LogP) is 2.62. The van der Waals surface area contributed by atoms with Crippen LogP contribution >= 0.6 is 0 Å². The highest BCUT2D eigenvalue weighted by Gasteiger charge is 2.25. The van der Waals surface area contributed by atoms with E-state index in [1.807, 2.05) is 12.1 Å². The van der Waals surface area contributed by atoms with E-state index in [1.54, 1.807) is 10.9 Å². The molecule has 0 saturated carbocycles. The molecule has 3 aromatic rings. The highest BCUT2D eigenvalue weighted by atomic mass is 16.5. The number of carbonyl (C=O) groups is 1. The molecule has 1 saturated heterocycles. The van der Waals surface area contributed by atoms with E-state index < -0.39 is 6.09 Å². The maximum Gasteiger partial charge on any atom is 0.407 e. The van der Waals surface area contributed by atoms with Crippen LogP contribution in [0, 0.1) is 6.92 Å². The number of hydrogen-bond acceptors (Lipinski definition) is 7. The molecular formula is C22H29N7O3. The first-order valence-electron chi connectivity index (χ1n) is 10.8. The molecule has 1 fully saturated rings. The number of hydrogen-bond donors (Lipinski definition) is 2. The summed E-state index contributed by atoms with van der Waals surface area (Å²) in [6.07, 6.45) is 3.50. The molecule has 0 unspecified atom stereocenters. The van der Waals surface area contributed by atoms with E-state index in [4.69, 9.17) is 9.84 Å². The molecule has 10 heteroatoms. The zero-order valence-corrected chi connectivity index (χ0v) is 18.7. The number of rotatable bonds is 7. The molecule has 1 aliphatic rings. The number of likely N-dealkylation sites (N-methyl/N-ethyl adjacent to an activating group) is 1. The van der Waals surface area contributed by atoms with Crippen LogP contribution in [0.3, 0.4) is 0 Å². The standard InChI is InChI=1S/C22H29N7O3/c1-15-12-16(23-8-11-27(2)3)4-5-19(15)29-20-18(13-26-29)21(25-14-24-20)32-17-6-9-28(10-7-17)22(30)31/h4-5,12-14,17,23H,6-11H2,1-3H3,(H,30,31). The smallest absolute Gasteiger partial charge is 0.407 e. The van der Waals surface area contributed by atoms with Gasteiger partial charge in [0.25, 0.3) is 0 Å². The fourth-order valence-electron chi connectivity index (χ4n) is 3.84. The van der Waals surface area contributed by atoms with E-state index in [2.05, 4.69) is 52.4 Å². The summed E-state index contributed by atoms with van der Waals surface area (Å²) < 4.78 is 7.92. The second-order valence-electron chi connectivity index (χ2n) is 8.29. The molecule has 2 aromatic heterocycles. The Kier molecular flexibility index (Phi) is 6.40. The lowest BCUT2D eigenvalue weighted by Crippen LogP contribution is -2.41. The van der Waals surface area contributed by atoms with Gasteiger partial charge in [-0.2, -0.15) is 5.10 Å². The van der Waals surface area contributed by atoms with Crippen molar-refractivity contribution >= 4 is 22.8 Å². The molecule has 0 radical (unpaired) electrons. The molecular weight excluding hydrogens is 410 g/mol. The topological polar surface area (TPSA) is 109 Å². The zero-order chi connectivity index (χ0) is 22.7. The molecule has 0 aliphatic carbocycles. The lowest BCUT2D eigenvalue weighted by Gasteiger charge is -2.29. The Hall–Kier alpha value is -3.40. The van der Waals surface area contributed by atoms with Crippen molar-refractivity contribution in [3.63, 3.8) is 0 Å². The van der Waals surface area contributed by atoms with Crippen molar-refractivity contribution in [2.75, 3.05) is 45.6 Å². The average Bonchev–Trinajstić information content (AvgIpc) is 3.19. The number of nitrogens with zero attached hydrogens (tertiary/aromatic N) is 6. The minimum absolute atomic E-state index is 0.0821. The van der Waals surface area contributed by atoms with E-state index >= 15 is 0 Å². The molecule has 0 atom stereocenters. The molecule has 1 aromatic carbocycles. The zero-order valence-electron chi connectivity index (χ0n) is 18.7. The van der Waals surface area contributed by atoms with Gasteiger partial charge in [-0.15, -0.1) is 0 Å². The monoisotopic (exact) mass is 439 g/mol. The lowest BCUT2D eigenvalue weighted by molar-refractivity contribution is 0.0879. The van der Waals surface area contributed by atoms with Crippen LogP contribution in [0.15, 0.2) is 30.7 Å². The first-order chi connectivity index (χ1) is 15.4. The van der Waals surface area contributed by atoms with E-state index in [0.717, 1.165) is 35.4 Å². The molecule has 3 heterocycles. The summed E-state index contributed by atoms with van der Waals surface area (Å²) in [5, 5.41) is 17.8. The van der Waals surface area contributed by atoms with Gasteiger partial charge in [-0.25, -0.2) is 19.4 Å². The van der Waals surface area contributed by atoms with E-state index in [-0.39, 0.29) is 6.10 Å². The number of aryl methyl sites for hydroxylation is 1. The largest absolute Gasteiger partial charge is 0.474 e. The van der Waals surface area contributed by atoms with Gasteiger partial charge in [-0.3, -0.25) is 0 Å². The van der Waals surface area contributed by atoms with Crippen LogP contribution in [0.25, 0.3) is 16.7 Å². The number of anilines is 1. The van der Waals surface area contributed by atoms with Crippen LogP contribution < -0.4 is 10.1 Å². The van der Waals surface area contributed by atoms with E-state index in [0.29, 0.717) is 37.5 Å². The maximum absolute atomic E-state index is 11.1. The number of nitrogens with one attached hydrogen (secondary N) is 1. The average molecular weight is 440 g/mol. The number of benzene rings is 1. The third kappa shape index (κ3) is 4.75. The Morgan fingerprint density at radius 3 is 2.75 bits per heavy atom. The highest BCUT2D eigenvalue weighted by molar-refractivity contribution is 5.81. The minimum atomic E-state index is -0.886. The first-order valence-corrected chi connectivity index (χ1v) is 10.8. The van der Waals surface area contributed by atoms with Crippen LogP contribution in [0.1, 0.15) is 18.4 Å². The molecule has 170 valence electrons. The van der Waals surface area contributed by atoms with Gasteiger partial charge in [-0.1, -0.05) is 0 Å². The van der Waals surface area contributed by atoms with Crippen molar-refractivity contribution in [3.05, 3.63) is 36.3 Å². The summed E-state index contributed by atoms with van der Waals surface area (Å²) in [5.41, 5.74) is 3.76. The molecule has 10 nitrogen and oxygen atoms in total. The van der Waals surface area contributed by atoms with Crippen LogP contribution in [-0.4, -0.2) is 87.1 Å². The molecule has 1 amide bonds. The molecule has 1 aliphatic heterocycles. The Morgan fingerprint density at radius 1 is 1.28 bits per heavy atom. The molecule has 32 heavy (non-hydrogen) atoms. The van der Waals surface area contributed by atoms with Gasteiger partial charge in [0.15, 0.2) is 5.65 Å². The van der Waals surface area contributed by atoms with Gasteiger partial charge in [0.05, 0.1) is 11.9 Å². The van der Waals surface area contributed by atoms with Gasteiger partial charge in [0, 0.05) is 44.7 Å². The van der Waals surface area contributed by atoms with Crippen molar-refractivity contribution in [1.82, 2.24) is 29.5 Å². The summed E-state index contributed by atoms with van der Waals surface area (Å²) >= 11 is 0. The van der Waals surface area contributed by atoms with Gasteiger partial charge in [0.2, 0.25) is 5.88 Å². The summed E-state index contributed by atoms with van der Waals surface area (Å²) in [4.78, 5) is 23.4. The minimum Gasteiger partial charge on any atom is -0.474 e. The third-order valence-corrected chi connectivity index (χ3v) is 5.63. The molecule has 0 spiro atoms. The van der Waals surface area contributed by atoms with E-state index in [1.165, 1.54) is 11.2 Å². The van der Waals surface area contributed by atoms with Crippen molar-refractivity contribution in [1.29, 1.82) is 0 Å². The van der Waals surface area contributed by atoms with Crippen molar-refractivity contribution in [2.24, 2.45) is 0 Å². The Bertz CT molecular complexity index is 1090. The molecule has 2 N–H and O–H groups in total. The van der Waals surface area contributed by atoms with E-state index in [9.17, 15) is 4.79 Å². The van der Waals surface area contributed by atoms with Crippen LogP contribution in [0.5, 0.6) is 5.88 Å². The van der Waals surface area contributed by atoms with Gasteiger partial charge >= 0.3 is 6.09 Å². The highest BCUT2D eigenvalue weighted by Crippen LogP contribution is 2.28. The Morgan fingerprint density at radius 2 is 2.06 bits per heavy atom. The number of aromatic nitrogens is 4. The second-order valence-corrected chi connectivity index (χ2v) is 8.29. The third-order valence-electron chi connectivity index (χ3n) is 5.63. The fraction of sp³-hybridized carbons (Fsp3) is 0.455. The molecule has 4 rings (SSSR count). The number of amides is 1. The quantitative estimate of drug-likeness (QED) is 0.578.